The van der Waals surface area contributed by atoms with E-state index in [1.807, 2.05) is 31.7 Å². The normalized spacial score (nSPS) is 24.9. The smallest absolute Gasteiger partial charge is 0.350 e. The van der Waals surface area contributed by atoms with E-state index in [-0.39, 0.29) is 29.4 Å². The average Bonchev–Trinajstić information content (AvgIpc) is 3.21. The van der Waals surface area contributed by atoms with Crippen LogP contribution in [0.25, 0.3) is 0 Å². The number of thiophene rings is 1. The fraction of sp³-hybridized carbons (Fsp3) is 0.704. The number of carbonyl (C=O) groups excluding carboxylic acids is 2. The molecule has 3 rings (SSSR count). The lowest BCUT2D eigenvalue weighted by Gasteiger charge is -2.39. The number of methoxy groups -OCH3 is 1. The molecule has 0 N–H and O–H groups in total. The predicted molar refractivity (Wildman–Crippen MR) is 143 cm³/mol. The highest BCUT2D eigenvalue weighted by Gasteiger charge is 2.38. The Hall–Kier alpha value is -1.89. The molecule has 0 bridgehead atoms. The van der Waals surface area contributed by atoms with Crippen molar-refractivity contribution >= 4 is 39.0 Å². The maximum absolute atomic E-state index is 14.0. The van der Waals surface area contributed by atoms with Gasteiger partial charge in [-0.25, -0.2) is 4.79 Å². The summed E-state index contributed by atoms with van der Waals surface area (Å²) in [7, 11) is -2.20. The molecule has 9 heteroatoms. The Morgan fingerprint density at radius 3 is 2.19 bits per heavy atom. The molecule has 1 aromatic heterocycles. The van der Waals surface area contributed by atoms with Crippen LogP contribution in [0.3, 0.4) is 0 Å². The minimum Gasteiger partial charge on any atom is -0.465 e. The van der Waals surface area contributed by atoms with Crippen molar-refractivity contribution in [3.05, 3.63) is 15.8 Å². The highest BCUT2D eigenvalue weighted by Crippen LogP contribution is 2.39. The van der Waals surface area contributed by atoms with Gasteiger partial charge in [-0.2, -0.15) is 8.42 Å². The van der Waals surface area contributed by atoms with Gasteiger partial charge in [0.1, 0.15) is 4.88 Å². The summed E-state index contributed by atoms with van der Waals surface area (Å²) in [5.74, 6) is 6.45. The number of hydrogen-bond donors (Lipinski definition) is 0. The molecule has 7 nitrogen and oxygen atoms in total. The van der Waals surface area contributed by atoms with Gasteiger partial charge in [-0.05, 0) is 84.1 Å². The first-order chi connectivity index (χ1) is 16.8. The molecular weight excluding hydrogens is 498 g/mol. The van der Waals surface area contributed by atoms with Crippen molar-refractivity contribution in [3.63, 3.8) is 0 Å². The van der Waals surface area contributed by atoms with Crippen molar-refractivity contribution < 1.29 is 26.9 Å². The van der Waals surface area contributed by atoms with Gasteiger partial charge in [0.2, 0.25) is 5.91 Å². The molecule has 2 aliphatic carbocycles. The van der Waals surface area contributed by atoms with E-state index in [1.165, 1.54) is 18.4 Å². The third-order valence-corrected chi connectivity index (χ3v) is 8.47. The molecule has 1 aromatic rings. The third kappa shape index (κ3) is 7.80. The van der Waals surface area contributed by atoms with Crippen LogP contribution in [0.15, 0.2) is 6.07 Å². The Kier molecular flexibility index (Phi) is 9.29. The average molecular weight is 538 g/mol. The summed E-state index contributed by atoms with van der Waals surface area (Å²) >= 11 is 1.25. The van der Waals surface area contributed by atoms with Crippen LogP contribution in [0.5, 0.6) is 0 Å². The van der Waals surface area contributed by atoms with Gasteiger partial charge in [-0.15, -0.1) is 11.3 Å². The molecule has 0 aromatic carbocycles. The van der Waals surface area contributed by atoms with Crippen LogP contribution in [0.1, 0.15) is 93.6 Å². The molecule has 2 saturated carbocycles. The van der Waals surface area contributed by atoms with Gasteiger partial charge in [0.05, 0.1) is 30.0 Å². The number of anilines is 1. The van der Waals surface area contributed by atoms with Crippen LogP contribution < -0.4 is 4.90 Å². The SMILES string of the molecule is COC(=O)c1sc(C#CC(C)(C)C)cc1N(C(=O)C1CCC(C)CC1)C1CCC(OS(C)(=O)=O)CC1. The van der Waals surface area contributed by atoms with E-state index in [1.54, 1.807) is 0 Å². The molecule has 0 spiro atoms. The number of nitrogens with zero attached hydrogens (tertiary/aromatic N) is 1. The van der Waals surface area contributed by atoms with E-state index in [0.29, 0.717) is 47.0 Å². The summed E-state index contributed by atoms with van der Waals surface area (Å²) in [5, 5.41) is 0. The summed E-state index contributed by atoms with van der Waals surface area (Å²) < 4.78 is 33.5. The Balaban J connectivity index is 1.98. The summed E-state index contributed by atoms with van der Waals surface area (Å²) in [6.07, 6.45) is 6.59. The van der Waals surface area contributed by atoms with Gasteiger partial charge in [0, 0.05) is 17.4 Å². The second kappa shape index (κ2) is 11.7. The zero-order valence-electron chi connectivity index (χ0n) is 22.3. The highest BCUT2D eigenvalue weighted by molar-refractivity contribution is 7.86. The Labute approximate surface area is 220 Å². The summed E-state index contributed by atoms with van der Waals surface area (Å²) in [6, 6.07) is 1.69. The van der Waals surface area contributed by atoms with E-state index in [4.69, 9.17) is 8.92 Å². The molecule has 0 radical (unpaired) electrons. The van der Waals surface area contributed by atoms with Gasteiger partial charge >= 0.3 is 5.97 Å². The van der Waals surface area contributed by atoms with Crippen molar-refractivity contribution in [3.8, 4) is 11.8 Å². The van der Waals surface area contributed by atoms with Crippen LogP contribution in [-0.4, -0.2) is 45.8 Å². The zero-order chi connectivity index (χ0) is 26.7. The second-order valence-corrected chi connectivity index (χ2v) is 13.9. The number of ether oxygens (including phenoxy) is 1. The predicted octanol–water partition coefficient (Wildman–Crippen LogP) is 5.38. The maximum Gasteiger partial charge on any atom is 0.350 e. The minimum absolute atomic E-state index is 0.0349. The fourth-order valence-corrected chi connectivity index (χ4v) is 6.56. The molecule has 1 heterocycles. The molecule has 0 unspecified atom stereocenters. The Morgan fingerprint density at radius 1 is 1.06 bits per heavy atom. The number of esters is 1. The molecule has 2 aliphatic rings. The van der Waals surface area contributed by atoms with Gasteiger partial charge in [-0.3, -0.25) is 8.98 Å². The molecule has 0 atom stereocenters. The van der Waals surface area contributed by atoms with Crippen LogP contribution >= 0.6 is 11.3 Å². The van der Waals surface area contributed by atoms with Crippen molar-refractivity contribution in [2.75, 3.05) is 18.3 Å². The Bertz CT molecular complexity index is 1110. The van der Waals surface area contributed by atoms with Crippen LogP contribution in [-0.2, 0) is 23.8 Å². The molecule has 2 fully saturated rings. The molecule has 0 saturated heterocycles. The number of carbonyl (C=O) groups is 2. The first kappa shape index (κ1) is 28.7. The standard InChI is InChI=1S/C27H39NO6S2/c1-18-7-9-19(10-8-18)25(29)28(20-11-13-21(14-12-20)34-36(6,31)32)23-17-22(15-16-27(2,3)4)35-24(23)26(30)33-5/h17-21H,7-14H2,1-6H3. The topological polar surface area (TPSA) is 90.0 Å². The van der Waals surface area contributed by atoms with E-state index in [0.717, 1.165) is 31.9 Å². The maximum atomic E-state index is 14.0. The molecule has 1 amide bonds. The Morgan fingerprint density at radius 2 is 1.67 bits per heavy atom. The first-order valence-electron chi connectivity index (χ1n) is 12.7. The number of amides is 1. The van der Waals surface area contributed by atoms with Gasteiger partial charge in [0.25, 0.3) is 10.1 Å². The lowest BCUT2D eigenvalue weighted by atomic mass is 9.81. The number of rotatable bonds is 6. The zero-order valence-corrected chi connectivity index (χ0v) is 23.9. The van der Waals surface area contributed by atoms with Crippen molar-refractivity contribution in [2.45, 2.75) is 91.2 Å². The van der Waals surface area contributed by atoms with Gasteiger partial charge in [-0.1, -0.05) is 18.8 Å². The van der Waals surface area contributed by atoms with Crippen molar-refractivity contribution in [1.29, 1.82) is 0 Å². The molecular formula is C27H39NO6S2. The summed E-state index contributed by atoms with van der Waals surface area (Å²) in [4.78, 5) is 29.7. The van der Waals surface area contributed by atoms with Crippen molar-refractivity contribution in [1.82, 2.24) is 0 Å². The van der Waals surface area contributed by atoms with E-state index >= 15 is 0 Å². The molecule has 200 valence electrons. The van der Waals surface area contributed by atoms with E-state index < -0.39 is 16.1 Å². The highest BCUT2D eigenvalue weighted by atomic mass is 32.2. The monoisotopic (exact) mass is 537 g/mol. The van der Waals surface area contributed by atoms with Gasteiger partial charge < -0.3 is 9.64 Å². The van der Waals surface area contributed by atoms with Crippen LogP contribution in [0.2, 0.25) is 0 Å². The summed E-state index contributed by atoms with van der Waals surface area (Å²) in [5.41, 5.74) is 0.350. The quantitative estimate of drug-likeness (QED) is 0.275. The molecule has 0 aliphatic heterocycles. The van der Waals surface area contributed by atoms with Gasteiger partial charge in [0.15, 0.2) is 0 Å². The van der Waals surface area contributed by atoms with Crippen molar-refractivity contribution in [2.24, 2.45) is 17.3 Å². The minimum atomic E-state index is -3.54. The van der Waals surface area contributed by atoms with E-state index in [9.17, 15) is 18.0 Å². The first-order valence-corrected chi connectivity index (χ1v) is 15.4. The van der Waals surface area contributed by atoms with E-state index in [2.05, 4.69) is 18.8 Å². The fourth-order valence-electron chi connectivity index (χ4n) is 4.96. The largest absolute Gasteiger partial charge is 0.465 e. The summed E-state index contributed by atoms with van der Waals surface area (Å²) in [6.45, 7) is 8.28. The van der Waals surface area contributed by atoms with Crippen LogP contribution in [0.4, 0.5) is 5.69 Å². The number of hydrogen-bond acceptors (Lipinski definition) is 7. The molecule has 36 heavy (non-hydrogen) atoms. The van der Waals surface area contributed by atoms with Crippen LogP contribution in [0, 0.1) is 29.1 Å². The lowest BCUT2D eigenvalue weighted by Crippen LogP contribution is -2.47. The lowest BCUT2D eigenvalue weighted by molar-refractivity contribution is -0.124. The third-order valence-electron chi connectivity index (χ3n) is 6.83. The second-order valence-electron chi connectivity index (χ2n) is 11.2.